The lowest BCUT2D eigenvalue weighted by Crippen LogP contribution is -2.60. The second kappa shape index (κ2) is 35.1. The Balaban J connectivity index is 2.50. The van der Waals surface area contributed by atoms with E-state index in [9.17, 15) is 37.9 Å². The Morgan fingerprint density at radius 3 is 1.67 bits per heavy atom. The minimum atomic E-state index is -4.61. The van der Waals surface area contributed by atoms with Crippen molar-refractivity contribution < 1.29 is 56.8 Å². The highest BCUT2D eigenvalue weighted by molar-refractivity contribution is 7.85. The molecular formula is C45H76O12S. The van der Waals surface area contributed by atoms with Gasteiger partial charge in [0.25, 0.3) is 10.1 Å². The normalized spacial score (nSPS) is 21.0. The van der Waals surface area contributed by atoms with E-state index in [4.69, 9.17) is 18.9 Å². The lowest BCUT2D eigenvalue weighted by molar-refractivity contribution is -0.297. The van der Waals surface area contributed by atoms with Gasteiger partial charge in [0.15, 0.2) is 12.4 Å². The van der Waals surface area contributed by atoms with Gasteiger partial charge in [0.1, 0.15) is 36.8 Å². The molecule has 13 heteroatoms. The molecular weight excluding hydrogens is 765 g/mol. The van der Waals surface area contributed by atoms with Crippen LogP contribution in [0.25, 0.3) is 0 Å². The van der Waals surface area contributed by atoms with Crippen LogP contribution in [0.4, 0.5) is 0 Å². The van der Waals surface area contributed by atoms with Gasteiger partial charge in [-0.3, -0.25) is 14.1 Å². The topological polar surface area (TPSA) is 186 Å². The zero-order valence-corrected chi connectivity index (χ0v) is 36.2. The van der Waals surface area contributed by atoms with E-state index >= 15 is 0 Å². The van der Waals surface area contributed by atoms with Gasteiger partial charge in [0, 0.05) is 12.8 Å². The second-order valence-corrected chi connectivity index (χ2v) is 16.5. The number of carbonyl (C=O) groups excluding carboxylic acids is 2. The van der Waals surface area contributed by atoms with Crippen molar-refractivity contribution in [2.45, 2.75) is 192 Å². The maximum Gasteiger partial charge on any atom is 0.306 e. The van der Waals surface area contributed by atoms with Crippen LogP contribution in [0.15, 0.2) is 60.8 Å². The second-order valence-electron chi connectivity index (χ2n) is 15.0. The Kier molecular flexibility index (Phi) is 32.3. The number of esters is 2. The van der Waals surface area contributed by atoms with Crippen LogP contribution in [0.2, 0.25) is 0 Å². The Morgan fingerprint density at radius 1 is 0.603 bits per heavy atom. The molecule has 0 bridgehead atoms. The van der Waals surface area contributed by atoms with Gasteiger partial charge in [0.05, 0.1) is 6.61 Å². The van der Waals surface area contributed by atoms with Crippen LogP contribution in [0.5, 0.6) is 0 Å². The molecule has 6 atom stereocenters. The highest BCUT2D eigenvalue weighted by Crippen LogP contribution is 2.24. The summed E-state index contributed by atoms with van der Waals surface area (Å²) in [5.41, 5.74) is 0. The van der Waals surface area contributed by atoms with Gasteiger partial charge in [0.2, 0.25) is 0 Å². The predicted molar refractivity (Wildman–Crippen MR) is 229 cm³/mol. The van der Waals surface area contributed by atoms with E-state index in [1.807, 2.05) is 0 Å². The Labute approximate surface area is 349 Å². The van der Waals surface area contributed by atoms with Crippen LogP contribution >= 0.6 is 0 Å². The van der Waals surface area contributed by atoms with Gasteiger partial charge >= 0.3 is 11.9 Å². The van der Waals surface area contributed by atoms with Crippen LogP contribution < -0.4 is 0 Å². The molecule has 0 amide bonds. The van der Waals surface area contributed by atoms with E-state index in [0.29, 0.717) is 12.8 Å². The monoisotopic (exact) mass is 841 g/mol. The molecule has 12 nitrogen and oxygen atoms in total. The van der Waals surface area contributed by atoms with Crippen molar-refractivity contribution in [3.63, 3.8) is 0 Å². The van der Waals surface area contributed by atoms with Gasteiger partial charge < -0.3 is 34.3 Å². The van der Waals surface area contributed by atoms with Crippen molar-refractivity contribution >= 4 is 22.1 Å². The summed E-state index contributed by atoms with van der Waals surface area (Å²) in [5, 5.41) is 30.8. The first-order valence-electron chi connectivity index (χ1n) is 21.8. The Hall–Kier alpha value is -2.65. The molecule has 1 aliphatic heterocycles. The number of ether oxygens (including phenoxy) is 4. The molecule has 1 fully saturated rings. The van der Waals surface area contributed by atoms with Crippen LogP contribution in [0, 0.1) is 0 Å². The number of unbranched alkanes of at least 4 members (excludes halogenated alkanes) is 13. The standard InChI is InChI=1S/C45H76O12S/c1-3-5-7-9-11-13-15-17-19-21-23-25-27-29-31-33-40(46)54-35-38(36-55-45-44(50)43(49)42(48)39(57-45)37-58(51,52)53)56-41(47)34-32-30-28-26-24-22-20-18-16-14-12-10-8-6-4-2/h5,7,11,13-14,16-17,19,23,25,38-39,42-45,48-50H,3-4,6,8-10,12,15,18,20-22,24,26-37H2,1-2H3,(H,51,52,53)/b7-5+,13-11+,16-14+,19-17+,25-23+/t38-,39-,42-,43?,44?,45+/m1/s1. The number of aliphatic hydroxyl groups is 3. The van der Waals surface area contributed by atoms with Gasteiger partial charge in [-0.2, -0.15) is 8.42 Å². The molecule has 0 aromatic heterocycles. The first-order valence-corrected chi connectivity index (χ1v) is 23.5. The van der Waals surface area contributed by atoms with Gasteiger partial charge in [-0.25, -0.2) is 0 Å². The lowest BCUT2D eigenvalue weighted by Gasteiger charge is -2.40. The van der Waals surface area contributed by atoms with Gasteiger partial charge in [-0.05, 0) is 77.0 Å². The number of carbonyl (C=O) groups is 2. The van der Waals surface area contributed by atoms with E-state index in [0.717, 1.165) is 70.6 Å². The largest absolute Gasteiger partial charge is 0.462 e. The van der Waals surface area contributed by atoms with Crippen molar-refractivity contribution in [2.24, 2.45) is 0 Å². The third-order valence-corrected chi connectivity index (χ3v) is 10.3. The summed E-state index contributed by atoms with van der Waals surface area (Å²) in [5.74, 6) is -2.05. The SMILES string of the molecule is CC/C=C/C/C=C/C/C=C/C/C=C/CCCCC(=O)OC[C@H](CO[C@H]1O[C@H](CS(=O)(=O)O)[C@@H](O)C(O)C1O)OC(=O)CCCCCCCCC/C=C/CCCCCC. The number of hydrogen-bond acceptors (Lipinski definition) is 11. The first-order chi connectivity index (χ1) is 28.0. The van der Waals surface area contributed by atoms with Crippen LogP contribution in [0.1, 0.15) is 155 Å². The van der Waals surface area contributed by atoms with E-state index in [-0.39, 0.29) is 19.4 Å². The average molecular weight is 841 g/mol. The zero-order chi connectivity index (χ0) is 42.7. The molecule has 0 aromatic carbocycles. The molecule has 1 saturated heterocycles. The van der Waals surface area contributed by atoms with Crippen molar-refractivity contribution in [2.75, 3.05) is 19.0 Å². The summed E-state index contributed by atoms with van der Waals surface area (Å²) in [4.78, 5) is 25.4. The van der Waals surface area contributed by atoms with Crippen LogP contribution in [0.3, 0.4) is 0 Å². The van der Waals surface area contributed by atoms with E-state index in [1.165, 1.54) is 44.9 Å². The first kappa shape index (κ1) is 53.4. The quantitative estimate of drug-likeness (QED) is 0.0207. The molecule has 0 saturated carbocycles. The third kappa shape index (κ3) is 29.5. The fourth-order valence-corrected chi connectivity index (χ4v) is 6.88. The van der Waals surface area contributed by atoms with Crippen molar-refractivity contribution in [1.82, 2.24) is 0 Å². The molecule has 334 valence electrons. The molecule has 0 radical (unpaired) electrons. The molecule has 1 heterocycles. The highest BCUT2D eigenvalue weighted by Gasteiger charge is 2.46. The lowest BCUT2D eigenvalue weighted by atomic mass is 10.00. The summed E-state index contributed by atoms with van der Waals surface area (Å²) in [6.07, 6.45) is 32.7. The summed E-state index contributed by atoms with van der Waals surface area (Å²) < 4.78 is 54.0. The average Bonchev–Trinajstić information content (AvgIpc) is 3.18. The Bertz CT molecular complexity index is 1310. The van der Waals surface area contributed by atoms with E-state index < -0.39 is 71.2 Å². The maximum absolute atomic E-state index is 12.8. The van der Waals surface area contributed by atoms with Gasteiger partial charge in [-0.15, -0.1) is 0 Å². The molecule has 0 aliphatic carbocycles. The number of aliphatic hydroxyl groups excluding tert-OH is 3. The van der Waals surface area contributed by atoms with Crippen LogP contribution in [-0.4, -0.2) is 96.0 Å². The van der Waals surface area contributed by atoms with Gasteiger partial charge in [-0.1, -0.05) is 126 Å². The summed E-state index contributed by atoms with van der Waals surface area (Å²) in [6, 6.07) is 0. The number of rotatable bonds is 35. The fourth-order valence-electron chi connectivity index (χ4n) is 6.19. The molecule has 1 rings (SSSR count). The summed E-state index contributed by atoms with van der Waals surface area (Å²) in [7, 11) is -4.61. The molecule has 58 heavy (non-hydrogen) atoms. The molecule has 1 aliphatic rings. The minimum absolute atomic E-state index is 0.148. The summed E-state index contributed by atoms with van der Waals surface area (Å²) in [6.45, 7) is 3.58. The Morgan fingerprint density at radius 2 is 1.09 bits per heavy atom. The molecule has 2 unspecified atom stereocenters. The van der Waals surface area contributed by atoms with Crippen molar-refractivity contribution in [3.8, 4) is 0 Å². The molecule has 0 aromatic rings. The maximum atomic E-state index is 12.8. The van der Waals surface area contributed by atoms with E-state index in [1.54, 1.807) is 0 Å². The summed E-state index contributed by atoms with van der Waals surface area (Å²) >= 11 is 0. The minimum Gasteiger partial charge on any atom is -0.462 e. The smallest absolute Gasteiger partial charge is 0.306 e. The number of allylic oxidation sites excluding steroid dienone is 10. The fraction of sp³-hybridized carbons (Fsp3) is 0.733. The highest BCUT2D eigenvalue weighted by atomic mass is 32.2. The van der Waals surface area contributed by atoms with E-state index in [2.05, 4.69) is 74.6 Å². The predicted octanol–water partition coefficient (Wildman–Crippen LogP) is 8.56. The third-order valence-electron chi connectivity index (χ3n) is 9.58. The molecule has 0 spiro atoms. The van der Waals surface area contributed by atoms with Crippen LogP contribution in [-0.2, 0) is 38.7 Å². The molecule has 4 N–H and O–H groups in total. The number of hydrogen-bond donors (Lipinski definition) is 4. The van der Waals surface area contributed by atoms with Crippen molar-refractivity contribution in [3.05, 3.63) is 60.8 Å². The zero-order valence-electron chi connectivity index (χ0n) is 35.4. The van der Waals surface area contributed by atoms with Crippen molar-refractivity contribution in [1.29, 1.82) is 0 Å².